The van der Waals surface area contributed by atoms with Crippen LogP contribution in [0.5, 0.6) is 0 Å². The van der Waals surface area contributed by atoms with Gasteiger partial charge in [0.1, 0.15) is 0 Å². The summed E-state index contributed by atoms with van der Waals surface area (Å²) in [5, 5.41) is 0. The second-order valence-corrected chi connectivity index (χ2v) is 8.08. The van der Waals surface area contributed by atoms with E-state index in [0.29, 0.717) is 24.7 Å². The van der Waals surface area contributed by atoms with E-state index in [1.54, 1.807) is 6.92 Å². The Labute approximate surface area is 92.9 Å². The van der Waals surface area contributed by atoms with Gasteiger partial charge in [0.2, 0.25) is 0 Å². The molecule has 1 fully saturated rings. The monoisotopic (exact) mass is 258 g/mol. The highest BCUT2D eigenvalue weighted by atomic mass is 32.3. The van der Waals surface area contributed by atoms with E-state index in [2.05, 4.69) is 4.18 Å². The first-order valence-electron chi connectivity index (χ1n) is 4.98. The number of ether oxygens (including phenoxy) is 1. The van der Waals surface area contributed by atoms with Crippen LogP contribution in [0.2, 0.25) is 0 Å². The zero-order valence-corrected chi connectivity index (χ0v) is 10.7. The van der Waals surface area contributed by atoms with Crippen molar-refractivity contribution < 1.29 is 21.0 Å². The van der Waals surface area contributed by atoms with E-state index in [4.69, 9.17) is 8.37 Å². The normalized spacial score (nSPS) is 23.6. The largest absolute Gasteiger partial charge is 0.409 e. The molecule has 0 aromatic heterocycles. The number of hydrogen-bond donors (Lipinski definition) is 0. The lowest BCUT2D eigenvalue weighted by Gasteiger charge is -2.39. The molecule has 1 aliphatic rings. The quantitative estimate of drug-likeness (QED) is 0.737. The van der Waals surface area contributed by atoms with Crippen molar-refractivity contribution >= 4 is 20.7 Å². The van der Waals surface area contributed by atoms with Crippen LogP contribution < -0.4 is 0 Å². The summed E-state index contributed by atoms with van der Waals surface area (Å²) < 4.78 is 37.8. The molecule has 0 spiro atoms. The van der Waals surface area contributed by atoms with Crippen LogP contribution >= 0.6 is 10.3 Å². The lowest BCUT2D eigenvalue weighted by molar-refractivity contribution is 0.155. The smallest absolute Gasteiger partial charge is 0.380 e. The average molecular weight is 258 g/mol. The van der Waals surface area contributed by atoms with Crippen molar-refractivity contribution in [3.63, 3.8) is 0 Å². The summed E-state index contributed by atoms with van der Waals surface area (Å²) in [7, 11) is -5.37. The summed E-state index contributed by atoms with van der Waals surface area (Å²) in [5.41, 5.74) is 0. The zero-order valence-electron chi connectivity index (χ0n) is 9.10. The maximum absolute atomic E-state index is 11.4. The fourth-order valence-electron chi connectivity index (χ4n) is 1.37. The van der Waals surface area contributed by atoms with Gasteiger partial charge >= 0.3 is 10.4 Å². The van der Waals surface area contributed by atoms with Crippen LogP contribution in [-0.2, 0) is 22.9 Å². The van der Waals surface area contributed by atoms with E-state index in [9.17, 15) is 8.42 Å². The van der Waals surface area contributed by atoms with Crippen LogP contribution in [0.3, 0.4) is 0 Å². The van der Waals surface area contributed by atoms with Crippen LogP contribution in [0.1, 0.15) is 13.8 Å². The topological polar surface area (TPSA) is 61.8 Å². The van der Waals surface area contributed by atoms with Crippen LogP contribution in [0.4, 0.5) is 0 Å². The van der Waals surface area contributed by atoms with E-state index in [0.717, 1.165) is 5.75 Å². The van der Waals surface area contributed by atoms with Crippen molar-refractivity contribution in [3.8, 4) is 0 Å². The first-order chi connectivity index (χ1) is 7.04. The maximum atomic E-state index is 11.4. The minimum atomic E-state index is -3.82. The Kier molecular flexibility index (Phi) is 4.85. The number of hydrogen-bond acceptors (Lipinski definition) is 5. The molecule has 0 bridgehead atoms. The van der Waals surface area contributed by atoms with E-state index >= 15 is 0 Å². The molecule has 1 aliphatic heterocycles. The minimum absolute atomic E-state index is 0.109. The molecule has 0 aliphatic carbocycles. The highest BCUT2D eigenvalue weighted by molar-refractivity contribution is 8.32. The number of rotatable bonds is 5. The SMILES string of the molecule is CCOS(=O)(=O)OS1(CC)CCOCC1. The Morgan fingerprint density at radius 1 is 1.27 bits per heavy atom. The predicted molar refractivity (Wildman–Crippen MR) is 60.3 cm³/mol. The van der Waals surface area contributed by atoms with Gasteiger partial charge in [-0.25, -0.2) is 4.18 Å². The highest BCUT2D eigenvalue weighted by Crippen LogP contribution is 2.51. The average Bonchev–Trinajstić information content (AvgIpc) is 2.18. The molecule has 5 nitrogen and oxygen atoms in total. The third-order valence-corrected chi connectivity index (χ3v) is 7.43. The summed E-state index contributed by atoms with van der Waals surface area (Å²) >= 11 is 0. The zero-order chi connectivity index (χ0) is 11.4. The summed E-state index contributed by atoms with van der Waals surface area (Å²) in [4.78, 5) is 0. The third kappa shape index (κ3) is 3.92. The molecule has 0 aromatic rings. The van der Waals surface area contributed by atoms with Gasteiger partial charge in [-0.2, -0.15) is 12.0 Å². The van der Waals surface area contributed by atoms with Gasteiger partial charge in [0.05, 0.1) is 19.8 Å². The first-order valence-corrected chi connectivity index (χ1v) is 8.38. The summed E-state index contributed by atoms with van der Waals surface area (Å²) in [6, 6.07) is 0. The minimum Gasteiger partial charge on any atom is -0.380 e. The summed E-state index contributed by atoms with van der Waals surface area (Å²) in [5.74, 6) is 2.08. The Bertz CT molecular complexity index is 281. The molecule has 92 valence electrons. The highest BCUT2D eigenvalue weighted by Gasteiger charge is 2.32. The molecule has 1 saturated heterocycles. The van der Waals surface area contributed by atoms with Crippen molar-refractivity contribution in [1.29, 1.82) is 0 Å². The molecule has 1 heterocycles. The van der Waals surface area contributed by atoms with E-state index in [-0.39, 0.29) is 6.61 Å². The molecule has 0 amide bonds. The lowest BCUT2D eigenvalue weighted by Crippen LogP contribution is -2.29. The molecular formula is C8H18O5S2. The van der Waals surface area contributed by atoms with Crippen molar-refractivity contribution in [1.82, 2.24) is 0 Å². The van der Waals surface area contributed by atoms with Crippen LogP contribution in [0.25, 0.3) is 0 Å². The van der Waals surface area contributed by atoms with Crippen molar-refractivity contribution in [2.75, 3.05) is 37.1 Å². The van der Waals surface area contributed by atoms with E-state index < -0.39 is 20.7 Å². The molecule has 7 heteroatoms. The standard InChI is InChI=1S/C8H18O5S2/c1-3-12-15(9,10)13-14(4-2)7-5-11-6-8-14/h3-8H2,1-2H3. The molecule has 1 rings (SSSR count). The molecule has 0 N–H and O–H groups in total. The third-order valence-electron chi connectivity index (χ3n) is 2.22. The molecule has 0 unspecified atom stereocenters. The van der Waals surface area contributed by atoms with E-state index in [1.807, 2.05) is 6.92 Å². The van der Waals surface area contributed by atoms with Gasteiger partial charge in [-0.1, -0.05) is 6.92 Å². The van der Waals surface area contributed by atoms with Crippen molar-refractivity contribution in [2.24, 2.45) is 0 Å². The van der Waals surface area contributed by atoms with Crippen molar-refractivity contribution in [3.05, 3.63) is 0 Å². The van der Waals surface area contributed by atoms with Gasteiger partial charge in [0.25, 0.3) is 0 Å². The molecular weight excluding hydrogens is 240 g/mol. The first kappa shape index (κ1) is 13.2. The molecule has 0 aromatic carbocycles. The molecule has 0 saturated carbocycles. The molecule has 0 radical (unpaired) electrons. The Balaban J connectivity index is 2.66. The second-order valence-electron chi connectivity index (χ2n) is 3.16. The van der Waals surface area contributed by atoms with Crippen LogP contribution in [-0.4, -0.2) is 45.5 Å². The van der Waals surface area contributed by atoms with Crippen LogP contribution in [0.15, 0.2) is 0 Å². The Morgan fingerprint density at radius 2 is 1.87 bits per heavy atom. The van der Waals surface area contributed by atoms with Gasteiger partial charge in [-0.05, 0) is 12.7 Å². The fraction of sp³-hybridized carbons (Fsp3) is 1.00. The van der Waals surface area contributed by atoms with Gasteiger partial charge in [-0.3, -0.25) is 0 Å². The second kappa shape index (κ2) is 5.49. The predicted octanol–water partition coefficient (Wildman–Crippen LogP) is 1.05. The van der Waals surface area contributed by atoms with Gasteiger partial charge in [0.15, 0.2) is 0 Å². The molecule has 15 heavy (non-hydrogen) atoms. The Morgan fingerprint density at radius 3 is 2.33 bits per heavy atom. The fourth-order valence-corrected chi connectivity index (χ4v) is 5.79. The van der Waals surface area contributed by atoms with Crippen molar-refractivity contribution in [2.45, 2.75) is 13.8 Å². The van der Waals surface area contributed by atoms with E-state index in [1.165, 1.54) is 0 Å². The van der Waals surface area contributed by atoms with Gasteiger partial charge < -0.3 is 4.74 Å². The van der Waals surface area contributed by atoms with Gasteiger partial charge in [-0.15, -0.1) is 10.3 Å². The Hall–Kier alpha value is 0.180. The summed E-state index contributed by atoms with van der Waals surface area (Å²) in [6.45, 7) is 4.83. The van der Waals surface area contributed by atoms with Crippen LogP contribution in [0, 0.1) is 0 Å². The summed E-state index contributed by atoms with van der Waals surface area (Å²) in [6.07, 6.45) is 0. The maximum Gasteiger partial charge on any atom is 0.409 e. The molecule has 0 atom stereocenters. The lowest BCUT2D eigenvalue weighted by atomic mass is 10.8. The van der Waals surface area contributed by atoms with Gasteiger partial charge in [0, 0.05) is 11.5 Å².